The number of imidazole rings is 1. The van der Waals surface area contributed by atoms with Crippen LogP contribution in [0.4, 0.5) is 13.2 Å². The molecule has 3 aromatic rings. The maximum Gasteiger partial charge on any atom is 0.416 e. The summed E-state index contributed by atoms with van der Waals surface area (Å²) in [6.07, 6.45) is 1.16. The van der Waals surface area contributed by atoms with Crippen LogP contribution in [0.3, 0.4) is 0 Å². The van der Waals surface area contributed by atoms with Crippen LogP contribution in [0.15, 0.2) is 47.3 Å². The second-order valence-electron chi connectivity index (χ2n) is 6.81. The first-order valence-corrected chi connectivity index (χ1v) is 9.30. The number of aryl methyl sites for hydroxylation is 1. The monoisotopic (exact) mass is 376 g/mol. The average molecular weight is 376 g/mol. The van der Waals surface area contributed by atoms with Gasteiger partial charge in [0.2, 0.25) is 0 Å². The number of hydrogen-bond donors (Lipinski definition) is 1. The number of benzene rings is 2. The maximum atomic E-state index is 12.9. The first kappa shape index (κ1) is 19.3. The Hall–Kier alpha value is -2.50. The van der Waals surface area contributed by atoms with Gasteiger partial charge in [-0.05, 0) is 41.8 Å². The predicted molar refractivity (Wildman–Crippen MR) is 102 cm³/mol. The summed E-state index contributed by atoms with van der Waals surface area (Å²) in [5.41, 5.74) is 1.68. The van der Waals surface area contributed by atoms with Crippen LogP contribution in [0.5, 0.6) is 0 Å². The highest BCUT2D eigenvalue weighted by atomic mass is 19.4. The van der Waals surface area contributed by atoms with Crippen LogP contribution in [0.25, 0.3) is 22.2 Å². The zero-order valence-corrected chi connectivity index (χ0v) is 15.3. The summed E-state index contributed by atoms with van der Waals surface area (Å²) in [6.45, 7) is 2.80. The molecule has 6 heteroatoms. The van der Waals surface area contributed by atoms with E-state index >= 15 is 0 Å². The summed E-state index contributed by atoms with van der Waals surface area (Å²) in [5, 5.41) is 0. The molecule has 0 aliphatic carbocycles. The van der Waals surface area contributed by atoms with Crippen molar-refractivity contribution in [2.75, 3.05) is 0 Å². The third-order valence-corrected chi connectivity index (χ3v) is 4.78. The molecule has 3 rings (SSSR count). The Morgan fingerprint density at radius 3 is 2.44 bits per heavy atom. The van der Waals surface area contributed by atoms with Gasteiger partial charge >= 0.3 is 11.9 Å². The molecule has 0 unspecified atom stereocenters. The Morgan fingerprint density at radius 1 is 0.963 bits per heavy atom. The molecule has 0 amide bonds. The highest BCUT2D eigenvalue weighted by Crippen LogP contribution is 2.32. The minimum atomic E-state index is -4.38. The average Bonchev–Trinajstić information content (AvgIpc) is 2.95. The summed E-state index contributed by atoms with van der Waals surface area (Å²) in [6, 6.07) is 10.5. The summed E-state index contributed by atoms with van der Waals surface area (Å²) in [5.74, 6) is 0. The lowest BCUT2D eigenvalue weighted by atomic mass is 10.0. The molecular formula is C21H23F3N2O. The van der Waals surface area contributed by atoms with Crippen LogP contribution in [0.2, 0.25) is 0 Å². The van der Waals surface area contributed by atoms with Gasteiger partial charge in [0.25, 0.3) is 0 Å². The van der Waals surface area contributed by atoms with E-state index in [-0.39, 0.29) is 5.69 Å². The number of halogens is 3. The van der Waals surface area contributed by atoms with Crippen LogP contribution in [0, 0.1) is 0 Å². The van der Waals surface area contributed by atoms with Crippen molar-refractivity contribution in [3.05, 3.63) is 58.5 Å². The Morgan fingerprint density at radius 2 is 1.70 bits per heavy atom. The van der Waals surface area contributed by atoms with Crippen molar-refractivity contribution in [2.24, 2.45) is 0 Å². The van der Waals surface area contributed by atoms with Gasteiger partial charge in [-0.2, -0.15) is 13.2 Å². The number of aromatic amines is 1. The van der Waals surface area contributed by atoms with Gasteiger partial charge in [0, 0.05) is 6.54 Å². The van der Waals surface area contributed by atoms with E-state index in [1.807, 2.05) is 0 Å². The fraction of sp³-hybridized carbons (Fsp3) is 0.381. The van der Waals surface area contributed by atoms with Gasteiger partial charge in [-0.15, -0.1) is 0 Å². The lowest BCUT2D eigenvalue weighted by molar-refractivity contribution is -0.137. The highest BCUT2D eigenvalue weighted by Gasteiger charge is 2.30. The van der Waals surface area contributed by atoms with Gasteiger partial charge in [-0.25, -0.2) is 4.79 Å². The molecule has 0 fully saturated rings. The summed E-state index contributed by atoms with van der Waals surface area (Å²) in [7, 11) is 0. The van der Waals surface area contributed by atoms with Gasteiger partial charge in [0.1, 0.15) is 0 Å². The van der Waals surface area contributed by atoms with Crippen molar-refractivity contribution in [2.45, 2.75) is 51.7 Å². The first-order valence-electron chi connectivity index (χ1n) is 9.30. The molecule has 0 aliphatic heterocycles. The van der Waals surface area contributed by atoms with E-state index in [0.717, 1.165) is 36.9 Å². The highest BCUT2D eigenvalue weighted by molar-refractivity contribution is 5.82. The molecule has 1 aromatic heterocycles. The Kier molecular flexibility index (Phi) is 5.73. The molecule has 1 N–H and O–H groups in total. The summed E-state index contributed by atoms with van der Waals surface area (Å²) in [4.78, 5) is 15.1. The molecule has 1 heterocycles. The second-order valence-corrected chi connectivity index (χ2v) is 6.81. The molecule has 0 spiro atoms. The van der Waals surface area contributed by atoms with Crippen LogP contribution < -0.4 is 5.69 Å². The fourth-order valence-corrected chi connectivity index (χ4v) is 3.31. The number of nitrogens with one attached hydrogen (secondary N) is 1. The predicted octanol–water partition coefficient (Wildman–Crippen LogP) is 5.99. The normalized spacial score (nSPS) is 12.0. The number of alkyl halides is 3. The van der Waals surface area contributed by atoms with E-state index in [0.29, 0.717) is 23.2 Å². The van der Waals surface area contributed by atoms with Crippen LogP contribution in [0.1, 0.15) is 44.6 Å². The number of nitrogens with zero attached hydrogens (tertiary/aromatic N) is 1. The van der Waals surface area contributed by atoms with Crippen LogP contribution in [-0.2, 0) is 12.7 Å². The molecule has 3 nitrogen and oxygen atoms in total. The van der Waals surface area contributed by atoms with E-state index in [1.165, 1.54) is 18.9 Å². The minimum absolute atomic E-state index is 0.179. The number of H-pyrrole nitrogens is 1. The quantitative estimate of drug-likeness (QED) is 0.506. The largest absolute Gasteiger partial charge is 0.416 e. The summed E-state index contributed by atoms with van der Waals surface area (Å²) >= 11 is 0. The number of unbranched alkanes of at least 4 members (excludes halogenated alkanes) is 4. The van der Waals surface area contributed by atoms with Gasteiger partial charge in [0.15, 0.2) is 0 Å². The fourth-order valence-electron chi connectivity index (χ4n) is 3.31. The van der Waals surface area contributed by atoms with Crippen molar-refractivity contribution in [1.29, 1.82) is 0 Å². The molecular weight excluding hydrogens is 353 g/mol. The number of rotatable bonds is 7. The molecule has 27 heavy (non-hydrogen) atoms. The lowest BCUT2D eigenvalue weighted by Gasteiger charge is -2.09. The standard InChI is InChI=1S/C21H23F3N2O/c1-2-3-4-5-6-12-26-19-11-10-16(14-18(19)25-20(26)27)15-8-7-9-17(13-15)21(22,23)24/h7-11,13-14H,2-6,12H2,1H3,(H,25,27). The van der Waals surface area contributed by atoms with E-state index in [9.17, 15) is 18.0 Å². The smallest absolute Gasteiger partial charge is 0.306 e. The Bertz CT molecular complexity index is 969. The number of aromatic nitrogens is 2. The van der Waals surface area contributed by atoms with E-state index in [2.05, 4.69) is 11.9 Å². The second kappa shape index (κ2) is 8.03. The van der Waals surface area contributed by atoms with Crippen molar-refractivity contribution >= 4 is 11.0 Å². The molecule has 0 aliphatic rings. The summed E-state index contributed by atoms with van der Waals surface area (Å²) < 4.78 is 40.5. The third-order valence-electron chi connectivity index (χ3n) is 4.78. The molecule has 0 radical (unpaired) electrons. The van der Waals surface area contributed by atoms with Crippen LogP contribution >= 0.6 is 0 Å². The van der Waals surface area contributed by atoms with Gasteiger partial charge in [-0.3, -0.25) is 4.57 Å². The van der Waals surface area contributed by atoms with Gasteiger partial charge < -0.3 is 4.98 Å². The zero-order valence-electron chi connectivity index (χ0n) is 15.3. The van der Waals surface area contributed by atoms with Crippen molar-refractivity contribution in [3.63, 3.8) is 0 Å². The molecule has 0 saturated heterocycles. The van der Waals surface area contributed by atoms with Gasteiger partial charge in [-0.1, -0.05) is 50.8 Å². The zero-order chi connectivity index (χ0) is 19.4. The minimum Gasteiger partial charge on any atom is -0.306 e. The van der Waals surface area contributed by atoms with Gasteiger partial charge in [0.05, 0.1) is 16.6 Å². The topological polar surface area (TPSA) is 37.8 Å². The van der Waals surface area contributed by atoms with E-state index in [1.54, 1.807) is 28.8 Å². The number of hydrogen-bond acceptors (Lipinski definition) is 1. The van der Waals surface area contributed by atoms with Crippen molar-refractivity contribution in [3.8, 4) is 11.1 Å². The van der Waals surface area contributed by atoms with E-state index < -0.39 is 11.7 Å². The molecule has 0 bridgehead atoms. The molecule has 2 aromatic carbocycles. The number of fused-ring (bicyclic) bond motifs is 1. The SMILES string of the molecule is CCCCCCCn1c(=O)[nH]c2cc(-c3cccc(C(F)(F)F)c3)ccc21. The lowest BCUT2D eigenvalue weighted by Crippen LogP contribution is -2.16. The molecule has 0 atom stereocenters. The third kappa shape index (κ3) is 4.43. The van der Waals surface area contributed by atoms with Crippen LogP contribution in [-0.4, -0.2) is 9.55 Å². The Balaban J connectivity index is 1.86. The Labute approximate surface area is 155 Å². The first-order chi connectivity index (χ1) is 12.9. The van der Waals surface area contributed by atoms with E-state index in [4.69, 9.17) is 0 Å². The van der Waals surface area contributed by atoms with Crippen molar-refractivity contribution in [1.82, 2.24) is 9.55 Å². The van der Waals surface area contributed by atoms with Crippen molar-refractivity contribution < 1.29 is 13.2 Å². The molecule has 0 saturated carbocycles. The molecule has 144 valence electrons. The maximum absolute atomic E-state index is 12.9.